The number of unbranched alkanes of at least 4 members (excludes halogenated alkanes) is 8. The number of allylic oxidation sites excluding steroid dienone is 1. The average Bonchev–Trinajstić information content (AvgIpc) is 2.97. The number of rotatable bonds is 19. The molecule has 2 aromatic carbocycles. The van der Waals surface area contributed by atoms with E-state index in [0.717, 1.165) is 36.8 Å². The summed E-state index contributed by atoms with van der Waals surface area (Å²) in [5.74, 6) is 2.21. The maximum absolute atomic E-state index is 11.3. The van der Waals surface area contributed by atoms with Gasteiger partial charge in [-0.1, -0.05) is 57.6 Å². The quantitative estimate of drug-likeness (QED) is 0.0581. The summed E-state index contributed by atoms with van der Waals surface area (Å²) in [6, 6.07) is 13.3. The van der Waals surface area contributed by atoms with Gasteiger partial charge in [-0.15, -0.1) is 0 Å². The van der Waals surface area contributed by atoms with Crippen LogP contribution in [0.5, 0.6) is 23.0 Å². The van der Waals surface area contributed by atoms with Gasteiger partial charge in [0.05, 0.1) is 46.2 Å². The topological polar surface area (TPSA) is 87.0 Å². The van der Waals surface area contributed by atoms with Crippen LogP contribution < -0.4 is 18.9 Å². The number of hydrogen-bond acceptors (Lipinski definition) is 7. The third-order valence-corrected chi connectivity index (χ3v) is 6.44. The highest BCUT2D eigenvalue weighted by molar-refractivity contribution is 5.90. The maximum Gasteiger partial charge on any atom is 0.333 e. The van der Waals surface area contributed by atoms with Gasteiger partial charge in [0.15, 0.2) is 23.0 Å². The van der Waals surface area contributed by atoms with E-state index in [9.17, 15) is 10.1 Å². The summed E-state index contributed by atoms with van der Waals surface area (Å²) in [5, 5.41) is 9.76. The largest absolute Gasteiger partial charge is 0.493 e. The molecule has 2 rings (SSSR count). The Bertz CT molecular complexity index is 1160. The number of methoxy groups -OCH3 is 3. The molecular weight excluding hydrogens is 506 g/mol. The predicted molar refractivity (Wildman–Crippen MR) is 159 cm³/mol. The highest BCUT2D eigenvalue weighted by Gasteiger charge is 2.10. The van der Waals surface area contributed by atoms with Crippen LogP contribution in [0, 0.1) is 11.3 Å². The Morgan fingerprint density at radius 3 is 1.90 bits per heavy atom. The van der Waals surface area contributed by atoms with Crippen LogP contribution in [0.15, 0.2) is 48.6 Å². The van der Waals surface area contributed by atoms with E-state index in [1.807, 2.05) is 30.3 Å². The predicted octanol–water partition coefficient (Wildman–Crippen LogP) is 7.79. The lowest BCUT2D eigenvalue weighted by molar-refractivity contribution is -0.139. The minimum absolute atomic E-state index is 0.298. The van der Waals surface area contributed by atoms with Gasteiger partial charge in [0.1, 0.15) is 0 Å². The number of benzene rings is 2. The highest BCUT2D eigenvalue weighted by atomic mass is 16.5. The Morgan fingerprint density at radius 2 is 1.32 bits per heavy atom. The summed E-state index contributed by atoms with van der Waals surface area (Å²) >= 11 is 0. The first-order valence-corrected chi connectivity index (χ1v) is 13.9. The Balaban J connectivity index is 1.72. The molecular formula is C33H43NO6. The Morgan fingerprint density at radius 1 is 0.775 bits per heavy atom. The van der Waals surface area contributed by atoms with Crippen LogP contribution >= 0.6 is 0 Å². The molecule has 7 heteroatoms. The van der Waals surface area contributed by atoms with Crippen molar-refractivity contribution in [2.75, 3.05) is 34.5 Å². The van der Waals surface area contributed by atoms with E-state index >= 15 is 0 Å². The third-order valence-electron chi connectivity index (χ3n) is 6.44. The summed E-state index contributed by atoms with van der Waals surface area (Å²) in [6.45, 7) is 6.36. The van der Waals surface area contributed by atoms with Crippen molar-refractivity contribution < 1.29 is 28.5 Å². The molecule has 0 bridgehead atoms. The third kappa shape index (κ3) is 11.1. The molecule has 0 radical (unpaired) electrons. The van der Waals surface area contributed by atoms with E-state index in [-0.39, 0.29) is 5.97 Å². The lowest BCUT2D eigenvalue weighted by atomic mass is 10.0. The van der Waals surface area contributed by atoms with E-state index in [1.54, 1.807) is 40.4 Å². The van der Waals surface area contributed by atoms with Gasteiger partial charge in [-0.05, 0) is 67.3 Å². The van der Waals surface area contributed by atoms with Crippen molar-refractivity contribution in [2.24, 2.45) is 0 Å². The summed E-state index contributed by atoms with van der Waals surface area (Å²) in [5.41, 5.74) is 2.53. The van der Waals surface area contributed by atoms with Crippen molar-refractivity contribution in [3.05, 3.63) is 59.7 Å². The molecule has 0 atom stereocenters. The molecule has 0 saturated heterocycles. The number of carbonyl (C=O) groups is 1. The Labute approximate surface area is 239 Å². The fraction of sp³-hybridized carbons (Fsp3) is 0.455. The van der Waals surface area contributed by atoms with Crippen LogP contribution in [-0.4, -0.2) is 40.5 Å². The molecule has 0 N–H and O–H groups in total. The zero-order valence-electron chi connectivity index (χ0n) is 24.4. The van der Waals surface area contributed by atoms with Crippen LogP contribution in [0.4, 0.5) is 0 Å². The number of nitriles is 1. The number of carbonyl (C=O) groups excluding carboxylic acids is 1. The summed E-state index contributed by atoms with van der Waals surface area (Å²) < 4.78 is 27.3. The minimum atomic E-state index is -0.298. The lowest BCUT2D eigenvalue weighted by Crippen LogP contribution is -2.05. The number of ether oxygens (including phenoxy) is 5. The fourth-order valence-corrected chi connectivity index (χ4v) is 4.16. The Hall–Kier alpha value is -3.92. The van der Waals surface area contributed by atoms with Gasteiger partial charge in [0, 0.05) is 5.57 Å². The van der Waals surface area contributed by atoms with Crippen LogP contribution in [0.3, 0.4) is 0 Å². The van der Waals surface area contributed by atoms with E-state index < -0.39 is 0 Å². The monoisotopic (exact) mass is 549 g/mol. The molecule has 2 aromatic rings. The van der Waals surface area contributed by atoms with Crippen molar-refractivity contribution >= 4 is 17.6 Å². The highest BCUT2D eigenvalue weighted by Crippen LogP contribution is 2.33. The molecule has 0 aromatic heterocycles. The zero-order chi connectivity index (χ0) is 29.2. The fourth-order valence-electron chi connectivity index (χ4n) is 4.16. The molecule has 7 nitrogen and oxygen atoms in total. The molecule has 40 heavy (non-hydrogen) atoms. The number of hydrogen-bond donors (Lipinski definition) is 0. The van der Waals surface area contributed by atoms with Crippen LogP contribution in [-0.2, 0) is 9.53 Å². The molecule has 0 aliphatic heterocycles. The first kappa shape index (κ1) is 32.3. The molecule has 0 spiro atoms. The Kier molecular flexibility index (Phi) is 14.8. The minimum Gasteiger partial charge on any atom is -0.493 e. The lowest BCUT2D eigenvalue weighted by Gasteiger charge is -2.12. The van der Waals surface area contributed by atoms with Crippen molar-refractivity contribution in [2.45, 2.75) is 64.7 Å². The van der Waals surface area contributed by atoms with Gasteiger partial charge in [-0.25, -0.2) is 4.79 Å². The molecule has 0 aliphatic carbocycles. The van der Waals surface area contributed by atoms with Gasteiger partial charge < -0.3 is 23.7 Å². The van der Waals surface area contributed by atoms with E-state index in [4.69, 9.17) is 23.7 Å². The summed E-state index contributed by atoms with van der Waals surface area (Å²) in [7, 11) is 4.76. The molecule has 0 saturated carbocycles. The maximum atomic E-state index is 11.3. The van der Waals surface area contributed by atoms with Gasteiger partial charge in [0.25, 0.3) is 0 Å². The smallest absolute Gasteiger partial charge is 0.333 e. The van der Waals surface area contributed by atoms with E-state index in [1.165, 1.54) is 32.1 Å². The van der Waals surface area contributed by atoms with E-state index in [0.29, 0.717) is 47.4 Å². The first-order chi connectivity index (χ1) is 19.4. The average molecular weight is 550 g/mol. The van der Waals surface area contributed by atoms with Gasteiger partial charge in [-0.2, -0.15) is 5.26 Å². The second-order valence-electron chi connectivity index (χ2n) is 9.60. The van der Waals surface area contributed by atoms with Crippen molar-refractivity contribution in [1.29, 1.82) is 5.26 Å². The normalized spacial score (nSPS) is 10.9. The molecule has 216 valence electrons. The second kappa shape index (κ2) is 18.4. The van der Waals surface area contributed by atoms with Crippen molar-refractivity contribution in [3.8, 4) is 29.1 Å². The molecule has 0 amide bonds. The van der Waals surface area contributed by atoms with Gasteiger partial charge in [0.2, 0.25) is 0 Å². The second-order valence-corrected chi connectivity index (χ2v) is 9.60. The van der Waals surface area contributed by atoms with Crippen molar-refractivity contribution in [1.82, 2.24) is 0 Å². The van der Waals surface area contributed by atoms with Crippen LogP contribution in [0.1, 0.15) is 75.8 Å². The molecule has 0 unspecified atom stereocenters. The van der Waals surface area contributed by atoms with Gasteiger partial charge >= 0.3 is 5.97 Å². The molecule has 0 aliphatic rings. The molecule has 0 fully saturated rings. The number of esters is 1. The summed E-state index contributed by atoms with van der Waals surface area (Å²) in [6.07, 6.45) is 11.9. The van der Waals surface area contributed by atoms with Crippen LogP contribution in [0.2, 0.25) is 0 Å². The van der Waals surface area contributed by atoms with E-state index in [2.05, 4.69) is 12.6 Å². The van der Waals surface area contributed by atoms with Crippen molar-refractivity contribution in [3.63, 3.8) is 0 Å². The first-order valence-electron chi connectivity index (χ1n) is 13.9. The SMILES string of the molecule is C=C(C)C(=O)OCCCCCCCCCCCOc1ccc(C=C(C#N)c2ccc(OC)c(OC)c2)cc1OC. The summed E-state index contributed by atoms with van der Waals surface area (Å²) in [4.78, 5) is 11.3. The zero-order valence-corrected chi connectivity index (χ0v) is 24.4. The molecule has 0 heterocycles. The van der Waals surface area contributed by atoms with Gasteiger partial charge in [-0.3, -0.25) is 0 Å². The standard InChI is InChI=1S/C33H43NO6/c1-25(2)33(35)40-20-14-12-10-8-6-7-9-11-13-19-39-30-17-15-26(22-31(30)37-4)21-28(24-34)27-16-18-29(36-3)32(23-27)38-5/h15-18,21-23H,1,6-14,19-20H2,2-5H3. The number of nitrogens with zero attached hydrogens (tertiary/aromatic N) is 1. The van der Waals surface area contributed by atoms with Crippen LogP contribution in [0.25, 0.3) is 11.6 Å².